The third-order valence-corrected chi connectivity index (χ3v) is 5.34. The minimum Gasteiger partial charge on any atom is -0.326 e. The van der Waals surface area contributed by atoms with Gasteiger partial charge in [0.15, 0.2) is 0 Å². The summed E-state index contributed by atoms with van der Waals surface area (Å²) in [4.78, 5) is 27.7. The van der Waals surface area contributed by atoms with Crippen molar-refractivity contribution >= 4 is 11.6 Å². The highest BCUT2D eigenvalue weighted by Gasteiger charge is 2.41. The monoisotopic (exact) mass is 405 g/mol. The number of carbonyl (C=O) groups is 1. The molecule has 1 aliphatic heterocycles. The number of aromatic amines is 1. The van der Waals surface area contributed by atoms with Crippen LogP contribution >= 0.6 is 0 Å². The average Bonchev–Trinajstić information content (AvgIpc) is 3.28. The van der Waals surface area contributed by atoms with E-state index in [1.807, 2.05) is 49.3 Å². The number of hydrogen-bond donors (Lipinski definition) is 1. The van der Waals surface area contributed by atoms with Crippen LogP contribution in [0.25, 0.3) is 11.3 Å². The summed E-state index contributed by atoms with van der Waals surface area (Å²) >= 11 is 0. The predicted octanol–water partition coefficient (Wildman–Crippen LogP) is 3.48. The van der Waals surface area contributed by atoms with Gasteiger partial charge in [0.05, 0.1) is 16.7 Å². The number of benzene rings is 2. The van der Waals surface area contributed by atoms with E-state index in [1.165, 1.54) is 12.1 Å². The first-order chi connectivity index (χ1) is 14.5. The molecule has 0 aliphatic carbocycles. The molecule has 0 unspecified atom stereocenters. The van der Waals surface area contributed by atoms with Crippen LogP contribution in [0.2, 0.25) is 0 Å². The van der Waals surface area contributed by atoms with E-state index in [1.54, 1.807) is 12.1 Å². The number of non-ortho nitro benzene ring substituents is 1. The van der Waals surface area contributed by atoms with Crippen molar-refractivity contribution in [2.45, 2.75) is 12.5 Å². The number of amides is 1. The third kappa shape index (κ3) is 3.57. The molecule has 0 saturated carbocycles. The summed E-state index contributed by atoms with van der Waals surface area (Å²) in [7, 11) is 4.03. The minimum atomic E-state index is -0.429. The Morgan fingerprint density at radius 3 is 2.47 bits per heavy atom. The van der Waals surface area contributed by atoms with Crippen LogP contribution in [0.3, 0.4) is 0 Å². The van der Waals surface area contributed by atoms with Crippen molar-refractivity contribution in [3.05, 3.63) is 81.5 Å². The second kappa shape index (κ2) is 8.08. The number of H-pyrrole nitrogens is 1. The van der Waals surface area contributed by atoms with Gasteiger partial charge in [-0.1, -0.05) is 30.3 Å². The lowest BCUT2D eigenvalue weighted by atomic mass is 9.96. The van der Waals surface area contributed by atoms with Crippen LogP contribution in [0, 0.1) is 10.1 Å². The molecule has 2 heterocycles. The van der Waals surface area contributed by atoms with Crippen molar-refractivity contribution in [1.82, 2.24) is 20.0 Å². The van der Waals surface area contributed by atoms with Gasteiger partial charge in [-0.3, -0.25) is 20.0 Å². The second-order valence-corrected chi connectivity index (χ2v) is 7.63. The molecule has 0 fully saturated rings. The van der Waals surface area contributed by atoms with Crippen molar-refractivity contribution in [2.75, 3.05) is 27.2 Å². The molecule has 8 heteroatoms. The van der Waals surface area contributed by atoms with E-state index >= 15 is 0 Å². The lowest BCUT2D eigenvalue weighted by Crippen LogP contribution is -2.32. The van der Waals surface area contributed by atoms with Gasteiger partial charge in [-0.25, -0.2) is 0 Å². The topological polar surface area (TPSA) is 95.4 Å². The molecule has 1 aliphatic rings. The Kier molecular flexibility index (Phi) is 5.33. The van der Waals surface area contributed by atoms with Crippen LogP contribution in [-0.4, -0.2) is 58.0 Å². The van der Waals surface area contributed by atoms with Crippen LogP contribution in [-0.2, 0) is 0 Å². The van der Waals surface area contributed by atoms with Crippen molar-refractivity contribution < 1.29 is 9.72 Å². The highest BCUT2D eigenvalue weighted by atomic mass is 16.6. The van der Waals surface area contributed by atoms with Gasteiger partial charge in [-0.15, -0.1) is 0 Å². The first-order valence-electron chi connectivity index (χ1n) is 9.81. The second-order valence-electron chi connectivity index (χ2n) is 7.63. The van der Waals surface area contributed by atoms with Crippen LogP contribution in [0.4, 0.5) is 5.69 Å². The minimum absolute atomic E-state index is 0.0203. The van der Waals surface area contributed by atoms with Gasteiger partial charge in [0, 0.05) is 29.8 Å². The van der Waals surface area contributed by atoms with Gasteiger partial charge in [0.2, 0.25) is 0 Å². The molecule has 1 atom stereocenters. The van der Waals surface area contributed by atoms with Crippen LogP contribution in [0.15, 0.2) is 54.6 Å². The van der Waals surface area contributed by atoms with Gasteiger partial charge < -0.3 is 9.80 Å². The maximum atomic E-state index is 13.2. The maximum Gasteiger partial charge on any atom is 0.273 e. The van der Waals surface area contributed by atoms with Gasteiger partial charge in [-0.05, 0) is 44.8 Å². The Morgan fingerprint density at radius 2 is 1.83 bits per heavy atom. The van der Waals surface area contributed by atoms with Crippen molar-refractivity contribution in [2.24, 2.45) is 0 Å². The smallest absolute Gasteiger partial charge is 0.273 e. The number of nitro benzene ring substituents is 1. The summed E-state index contributed by atoms with van der Waals surface area (Å²) in [5, 5.41) is 18.3. The van der Waals surface area contributed by atoms with Crippen molar-refractivity contribution in [3.63, 3.8) is 0 Å². The highest BCUT2D eigenvalue weighted by Crippen LogP contribution is 2.42. The van der Waals surface area contributed by atoms with Crippen LogP contribution in [0.5, 0.6) is 0 Å². The number of fused-ring (bicyclic) bond motifs is 1. The molecular weight excluding hydrogens is 382 g/mol. The summed E-state index contributed by atoms with van der Waals surface area (Å²) in [5.41, 5.74) is 3.73. The zero-order chi connectivity index (χ0) is 21.3. The number of nitrogens with one attached hydrogen (secondary N) is 1. The molecule has 2 aromatic carbocycles. The highest BCUT2D eigenvalue weighted by molar-refractivity contribution is 6.00. The Balaban J connectivity index is 1.75. The molecule has 1 N–H and O–H groups in total. The number of hydrogen-bond acceptors (Lipinski definition) is 5. The number of carbonyl (C=O) groups excluding carboxylic acids is 1. The van der Waals surface area contributed by atoms with Crippen molar-refractivity contribution in [1.29, 1.82) is 0 Å². The van der Waals surface area contributed by atoms with Gasteiger partial charge in [-0.2, -0.15) is 5.10 Å². The van der Waals surface area contributed by atoms with Crippen molar-refractivity contribution in [3.8, 4) is 11.3 Å². The normalized spacial score (nSPS) is 15.6. The van der Waals surface area contributed by atoms with E-state index in [0.29, 0.717) is 17.9 Å². The summed E-state index contributed by atoms with van der Waals surface area (Å²) in [6.07, 6.45) is 0.854. The number of aromatic nitrogens is 2. The van der Waals surface area contributed by atoms with E-state index in [0.717, 1.165) is 29.7 Å². The number of nitrogens with zero attached hydrogens (tertiary/aromatic N) is 4. The average molecular weight is 405 g/mol. The van der Waals surface area contributed by atoms with Gasteiger partial charge in [0.25, 0.3) is 11.6 Å². The molecule has 0 spiro atoms. The molecule has 30 heavy (non-hydrogen) atoms. The molecule has 0 radical (unpaired) electrons. The molecule has 0 bridgehead atoms. The van der Waals surface area contributed by atoms with Crippen LogP contribution in [0.1, 0.15) is 34.1 Å². The first-order valence-corrected chi connectivity index (χ1v) is 9.81. The first kappa shape index (κ1) is 19.8. The largest absolute Gasteiger partial charge is 0.326 e. The molecule has 3 aromatic rings. The number of rotatable bonds is 7. The van der Waals surface area contributed by atoms with Gasteiger partial charge in [0.1, 0.15) is 5.69 Å². The fraction of sp³-hybridized carbons (Fsp3) is 0.273. The van der Waals surface area contributed by atoms with E-state index in [4.69, 9.17) is 0 Å². The summed E-state index contributed by atoms with van der Waals surface area (Å²) in [6, 6.07) is 15.9. The molecule has 8 nitrogen and oxygen atoms in total. The summed E-state index contributed by atoms with van der Waals surface area (Å²) in [6.45, 7) is 1.51. The zero-order valence-corrected chi connectivity index (χ0v) is 16.9. The third-order valence-electron chi connectivity index (χ3n) is 5.34. The molecule has 1 aromatic heterocycles. The molecule has 154 valence electrons. The fourth-order valence-corrected chi connectivity index (χ4v) is 3.93. The van der Waals surface area contributed by atoms with Crippen LogP contribution < -0.4 is 0 Å². The fourth-order valence-electron chi connectivity index (χ4n) is 3.93. The Bertz CT molecular complexity index is 1060. The lowest BCUT2D eigenvalue weighted by Gasteiger charge is -2.27. The predicted molar refractivity (Wildman–Crippen MR) is 113 cm³/mol. The van der Waals surface area contributed by atoms with E-state index in [9.17, 15) is 14.9 Å². The SMILES string of the molecule is CN(C)CCCN1C(=O)c2[nH]nc(-c3ccc([N+](=O)[O-])cc3)c2[C@H]1c1ccccc1. The summed E-state index contributed by atoms with van der Waals surface area (Å²) in [5.74, 6) is -0.0710. The number of nitro groups is 1. The molecule has 4 rings (SSSR count). The maximum absolute atomic E-state index is 13.2. The standard InChI is InChI=1S/C22H23N5O3/c1-25(2)13-6-14-26-21(16-7-4-3-5-8-16)18-19(23-24-20(18)22(26)28)15-9-11-17(12-10-15)27(29)30/h3-5,7-12,21H,6,13-14H2,1-2H3,(H,23,24)/t21-/m1/s1. The van der Waals surface area contributed by atoms with E-state index < -0.39 is 4.92 Å². The lowest BCUT2D eigenvalue weighted by molar-refractivity contribution is -0.384. The Morgan fingerprint density at radius 1 is 1.13 bits per heavy atom. The van der Waals surface area contributed by atoms with E-state index in [2.05, 4.69) is 15.1 Å². The van der Waals surface area contributed by atoms with Gasteiger partial charge >= 0.3 is 0 Å². The zero-order valence-electron chi connectivity index (χ0n) is 16.9. The summed E-state index contributed by atoms with van der Waals surface area (Å²) < 4.78 is 0. The molecule has 1 amide bonds. The Labute approximate surface area is 174 Å². The van der Waals surface area contributed by atoms with E-state index in [-0.39, 0.29) is 17.6 Å². The molecular formula is C22H23N5O3. The molecule has 0 saturated heterocycles. The Hall–Kier alpha value is -3.52. The quantitative estimate of drug-likeness (QED) is 0.480.